The molecule has 1 unspecified atom stereocenters. The highest BCUT2D eigenvalue weighted by molar-refractivity contribution is 6.32. The monoisotopic (exact) mass is 293 g/mol. The molecule has 1 atom stereocenters. The van der Waals surface area contributed by atoms with Crippen molar-refractivity contribution in [3.63, 3.8) is 0 Å². The van der Waals surface area contributed by atoms with Crippen LogP contribution in [0, 0.1) is 11.8 Å². The van der Waals surface area contributed by atoms with Gasteiger partial charge in [-0.2, -0.15) is 0 Å². The Morgan fingerprint density at radius 3 is 2.75 bits per heavy atom. The van der Waals surface area contributed by atoms with Gasteiger partial charge >= 0.3 is 0 Å². The number of carbonyl (C=O) groups excluding carboxylic acids is 1. The van der Waals surface area contributed by atoms with Crippen LogP contribution in [0.15, 0.2) is 18.2 Å². The van der Waals surface area contributed by atoms with Crippen LogP contribution in [0.4, 0.5) is 0 Å². The van der Waals surface area contributed by atoms with Crippen molar-refractivity contribution in [3.8, 4) is 11.8 Å². The molecule has 0 saturated heterocycles. The van der Waals surface area contributed by atoms with Gasteiger partial charge in [-0.05, 0) is 31.0 Å². The first-order chi connectivity index (χ1) is 9.62. The number of aliphatic hydroxyl groups excluding tert-OH is 1. The lowest BCUT2D eigenvalue weighted by Gasteiger charge is -2.16. The highest BCUT2D eigenvalue weighted by Crippen LogP contribution is 2.17. The number of nitrogens with one attached hydrogen (secondary N) is 1. The molecule has 0 saturated carbocycles. The first-order valence-corrected chi connectivity index (χ1v) is 7.20. The van der Waals surface area contributed by atoms with E-state index in [4.69, 9.17) is 16.7 Å². The number of benzene rings is 1. The second kappa shape index (κ2) is 8.63. The second-order valence-corrected chi connectivity index (χ2v) is 4.93. The molecule has 0 aliphatic rings. The minimum Gasteiger partial charge on any atom is -0.384 e. The third kappa shape index (κ3) is 4.88. The van der Waals surface area contributed by atoms with Crippen molar-refractivity contribution in [2.45, 2.75) is 39.2 Å². The van der Waals surface area contributed by atoms with Gasteiger partial charge in [-0.1, -0.05) is 43.7 Å². The molecule has 0 fully saturated rings. The zero-order valence-electron chi connectivity index (χ0n) is 11.9. The van der Waals surface area contributed by atoms with Crippen LogP contribution < -0.4 is 5.32 Å². The highest BCUT2D eigenvalue weighted by Gasteiger charge is 2.12. The highest BCUT2D eigenvalue weighted by atomic mass is 35.5. The van der Waals surface area contributed by atoms with E-state index in [0.717, 1.165) is 19.3 Å². The lowest BCUT2D eigenvalue weighted by molar-refractivity contribution is 0.0933. The molecule has 0 aromatic heterocycles. The summed E-state index contributed by atoms with van der Waals surface area (Å²) in [4.78, 5) is 12.1. The van der Waals surface area contributed by atoms with Crippen molar-refractivity contribution in [3.05, 3.63) is 34.3 Å². The van der Waals surface area contributed by atoms with E-state index in [1.54, 1.807) is 18.2 Å². The summed E-state index contributed by atoms with van der Waals surface area (Å²) < 4.78 is 0. The molecule has 20 heavy (non-hydrogen) atoms. The Bertz CT molecular complexity index is 517. The van der Waals surface area contributed by atoms with Crippen LogP contribution in [-0.4, -0.2) is 23.7 Å². The maximum absolute atomic E-state index is 12.1. The fraction of sp³-hybridized carbons (Fsp3) is 0.438. The number of rotatable bonds is 5. The lowest BCUT2D eigenvalue weighted by Crippen LogP contribution is -2.34. The minimum atomic E-state index is -0.215. The van der Waals surface area contributed by atoms with Gasteiger partial charge in [-0.15, -0.1) is 0 Å². The standard InChI is InChI=1S/C16H20ClNO2/c1-3-6-14(4-2)18-16(20)13-9-8-12(7-5-10-19)15(17)11-13/h8-9,11,14,19H,3-4,6,10H2,1-2H3,(H,18,20). The number of halogens is 1. The van der Waals surface area contributed by atoms with Gasteiger partial charge in [0.25, 0.3) is 5.91 Å². The van der Waals surface area contributed by atoms with E-state index >= 15 is 0 Å². The number of amides is 1. The van der Waals surface area contributed by atoms with Crippen LogP contribution in [0.25, 0.3) is 0 Å². The zero-order chi connectivity index (χ0) is 15.0. The number of hydrogen-bond acceptors (Lipinski definition) is 2. The topological polar surface area (TPSA) is 49.3 Å². The number of carbonyl (C=O) groups is 1. The van der Waals surface area contributed by atoms with Crippen LogP contribution in [-0.2, 0) is 0 Å². The van der Waals surface area contributed by atoms with E-state index in [1.807, 2.05) is 0 Å². The average Bonchev–Trinajstić information content (AvgIpc) is 2.45. The molecular weight excluding hydrogens is 274 g/mol. The van der Waals surface area contributed by atoms with Crippen LogP contribution in [0.5, 0.6) is 0 Å². The maximum atomic E-state index is 12.1. The Labute approximate surface area is 125 Å². The minimum absolute atomic E-state index is 0.117. The second-order valence-electron chi connectivity index (χ2n) is 4.52. The summed E-state index contributed by atoms with van der Waals surface area (Å²) in [6.07, 6.45) is 2.92. The smallest absolute Gasteiger partial charge is 0.251 e. The maximum Gasteiger partial charge on any atom is 0.251 e. The van der Waals surface area contributed by atoms with Crippen LogP contribution in [0.3, 0.4) is 0 Å². The Balaban J connectivity index is 2.81. The quantitative estimate of drug-likeness (QED) is 0.820. The molecule has 1 rings (SSSR count). The van der Waals surface area contributed by atoms with Crippen molar-refractivity contribution < 1.29 is 9.90 Å². The van der Waals surface area contributed by atoms with Gasteiger partial charge in [-0.25, -0.2) is 0 Å². The van der Waals surface area contributed by atoms with Gasteiger partial charge in [0, 0.05) is 17.2 Å². The van der Waals surface area contributed by atoms with Crippen molar-refractivity contribution in [2.75, 3.05) is 6.61 Å². The van der Waals surface area contributed by atoms with Crippen molar-refractivity contribution in [1.29, 1.82) is 0 Å². The fourth-order valence-electron chi connectivity index (χ4n) is 1.89. The third-order valence-corrected chi connectivity index (χ3v) is 3.31. The summed E-state index contributed by atoms with van der Waals surface area (Å²) in [6.45, 7) is 3.94. The van der Waals surface area contributed by atoms with Crippen LogP contribution in [0.1, 0.15) is 49.0 Å². The number of aliphatic hydroxyl groups is 1. The molecule has 0 aliphatic heterocycles. The molecule has 0 heterocycles. The molecule has 2 N–H and O–H groups in total. The first-order valence-electron chi connectivity index (χ1n) is 6.82. The SMILES string of the molecule is CCCC(CC)NC(=O)c1ccc(C#CCO)c(Cl)c1. The predicted octanol–water partition coefficient (Wildman–Crippen LogP) is 2.99. The lowest BCUT2D eigenvalue weighted by atomic mass is 10.1. The summed E-state index contributed by atoms with van der Waals surface area (Å²) in [5.74, 6) is 5.15. The normalized spacial score (nSPS) is 11.4. The van der Waals surface area contributed by atoms with E-state index < -0.39 is 0 Å². The largest absolute Gasteiger partial charge is 0.384 e. The molecule has 108 valence electrons. The Morgan fingerprint density at radius 2 is 2.20 bits per heavy atom. The van der Waals surface area contributed by atoms with E-state index in [2.05, 4.69) is 31.0 Å². The summed E-state index contributed by atoms with van der Waals surface area (Å²) in [6, 6.07) is 5.19. The van der Waals surface area contributed by atoms with Gasteiger partial charge in [0.05, 0.1) is 5.02 Å². The van der Waals surface area contributed by atoms with E-state index in [1.165, 1.54) is 0 Å². The van der Waals surface area contributed by atoms with E-state index in [0.29, 0.717) is 16.1 Å². The Morgan fingerprint density at radius 1 is 1.45 bits per heavy atom. The molecular formula is C16H20ClNO2. The van der Waals surface area contributed by atoms with Gasteiger partial charge in [0.15, 0.2) is 0 Å². The van der Waals surface area contributed by atoms with E-state index in [9.17, 15) is 4.79 Å². The molecule has 0 radical (unpaired) electrons. The summed E-state index contributed by atoms with van der Waals surface area (Å²) in [5, 5.41) is 12.1. The fourth-order valence-corrected chi connectivity index (χ4v) is 2.12. The van der Waals surface area contributed by atoms with Crippen molar-refractivity contribution in [1.82, 2.24) is 5.32 Å². The third-order valence-electron chi connectivity index (χ3n) is 3.00. The van der Waals surface area contributed by atoms with Gasteiger partial charge in [0.1, 0.15) is 6.61 Å². The summed E-state index contributed by atoms with van der Waals surface area (Å²) in [7, 11) is 0. The predicted molar refractivity (Wildman–Crippen MR) is 81.9 cm³/mol. The van der Waals surface area contributed by atoms with Gasteiger partial charge < -0.3 is 10.4 Å². The van der Waals surface area contributed by atoms with Gasteiger partial charge in [-0.3, -0.25) is 4.79 Å². The average molecular weight is 294 g/mol. The number of hydrogen-bond donors (Lipinski definition) is 2. The van der Waals surface area contributed by atoms with Crippen molar-refractivity contribution >= 4 is 17.5 Å². The van der Waals surface area contributed by atoms with Crippen molar-refractivity contribution in [2.24, 2.45) is 0 Å². The molecule has 0 bridgehead atoms. The Kier molecular flexibility index (Phi) is 7.14. The molecule has 0 spiro atoms. The summed E-state index contributed by atoms with van der Waals surface area (Å²) in [5.41, 5.74) is 1.14. The molecule has 0 aliphatic carbocycles. The Hall–Kier alpha value is -1.50. The molecule has 3 nitrogen and oxygen atoms in total. The molecule has 1 amide bonds. The van der Waals surface area contributed by atoms with Crippen LogP contribution in [0.2, 0.25) is 5.02 Å². The van der Waals surface area contributed by atoms with Crippen LogP contribution >= 0.6 is 11.6 Å². The summed E-state index contributed by atoms with van der Waals surface area (Å²) >= 11 is 6.08. The molecule has 4 heteroatoms. The molecule has 1 aromatic carbocycles. The van der Waals surface area contributed by atoms with Gasteiger partial charge in [0.2, 0.25) is 0 Å². The first kappa shape index (κ1) is 16.6. The van der Waals surface area contributed by atoms with E-state index in [-0.39, 0.29) is 18.6 Å². The molecule has 1 aromatic rings. The zero-order valence-corrected chi connectivity index (χ0v) is 12.6.